The van der Waals surface area contributed by atoms with E-state index >= 15 is 0 Å². The molecule has 0 radical (unpaired) electrons. The third-order valence-electron chi connectivity index (χ3n) is 2.08. The van der Waals surface area contributed by atoms with Gasteiger partial charge in [-0.25, -0.2) is 0 Å². The highest BCUT2D eigenvalue weighted by Crippen LogP contribution is 2.42. The second kappa shape index (κ2) is 6.06. The monoisotopic (exact) mass is 277 g/mol. The van der Waals surface area contributed by atoms with Crippen LogP contribution in [0.4, 0.5) is 4.39 Å². The molecule has 8 heteroatoms. The summed E-state index contributed by atoms with van der Waals surface area (Å²) in [5, 5.41) is 0. The number of hydrogen-bond donors (Lipinski definition) is 3. The lowest BCUT2D eigenvalue weighted by Gasteiger charge is -2.15. The van der Waals surface area contributed by atoms with Crippen molar-refractivity contribution in [2.75, 3.05) is 0 Å². The molecule has 1 rings (SSSR count). The second-order valence-electron chi connectivity index (χ2n) is 3.61. The molecule has 18 heavy (non-hydrogen) atoms. The number of esters is 1. The first-order valence-electron chi connectivity index (χ1n) is 5.00. The van der Waals surface area contributed by atoms with Gasteiger partial charge in [0, 0.05) is 0 Å². The van der Waals surface area contributed by atoms with Gasteiger partial charge in [-0.3, -0.25) is 9.36 Å². The topological polar surface area (TPSA) is 110 Å². The van der Waals surface area contributed by atoms with Crippen LogP contribution >= 0.6 is 7.60 Å². The Labute approximate surface area is 103 Å². The third kappa shape index (κ3) is 4.54. The zero-order valence-corrected chi connectivity index (χ0v) is 10.2. The first kappa shape index (κ1) is 14.8. The van der Waals surface area contributed by atoms with E-state index in [0.717, 1.165) is 5.56 Å². The van der Waals surface area contributed by atoms with Crippen LogP contribution in [-0.2, 0) is 20.5 Å². The molecule has 0 saturated carbocycles. The van der Waals surface area contributed by atoms with Crippen molar-refractivity contribution >= 4 is 13.6 Å². The molecule has 2 atom stereocenters. The minimum absolute atomic E-state index is 0.0908. The SMILES string of the molecule is N[C@@H](Cc1ccccc1)C(=O)OC(F)P(=O)(O)O. The lowest BCUT2D eigenvalue weighted by molar-refractivity contribution is -0.153. The third-order valence-corrected chi connectivity index (χ3v) is 2.71. The van der Waals surface area contributed by atoms with Crippen LogP contribution in [-0.4, -0.2) is 27.9 Å². The predicted octanol–water partition coefficient (Wildman–Crippen LogP) is 0.530. The summed E-state index contributed by atoms with van der Waals surface area (Å²) in [6.07, 6.45) is -2.89. The van der Waals surface area contributed by atoms with Crippen molar-refractivity contribution in [1.82, 2.24) is 0 Å². The Kier molecular flexibility index (Phi) is 4.98. The Balaban J connectivity index is 2.55. The molecule has 100 valence electrons. The molecule has 1 aromatic carbocycles. The molecule has 0 bridgehead atoms. The molecular formula is C10H13FNO5P. The number of nitrogens with two attached hydrogens (primary N) is 1. The fourth-order valence-corrected chi connectivity index (χ4v) is 1.44. The minimum Gasteiger partial charge on any atom is -0.418 e. The molecule has 1 unspecified atom stereocenters. The van der Waals surface area contributed by atoms with Gasteiger partial charge in [-0.1, -0.05) is 30.3 Å². The van der Waals surface area contributed by atoms with Crippen molar-refractivity contribution in [3.8, 4) is 0 Å². The molecule has 0 fully saturated rings. The van der Waals surface area contributed by atoms with Gasteiger partial charge in [0.2, 0.25) is 0 Å². The lowest BCUT2D eigenvalue weighted by Crippen LogP contribution is -2.35. The fourth-order valence-electron chi connectivity index (χ4n) is 1.20. The average molecular weight is 277 g/mol. The molecule has 0 aromatic heterocycles. The number of halogens is 1. The van der Waals surface area contributed by atoms with Crippen molar-refractivity contribution in [1.29, 1.82) is 0 Å². The molecule has 6 nitrogen and oxygen atoms in total. The smallest absolute Gasteiger partial charge is 0.398 e. The number of hydrogen-bond acceptors (Lipinski definition) is 4. The summed E-state index contributed by atoms with van der Waals surface area (Å²) in [5.74, 6) is -1.20. The summed E-state index contributed by atoms with van der Waals surface area (Å²) < 4.78 is 27.2. The summed E-state index contributed by atoms with van der Waals surface area (Å²) >= 11 is 0. The van der Waals surface area contributed by atoms with Crippen molar-refractivity contribution in [2.45, 2.75) is 18.6 Å². The summed E-state index contributed by atoms with van der Waals surface area (Å²) in [5.41, 5.74) is 6.18. The van der Waals surface area contributed by atoms with Crippen LogP contribution in [0.3, 0.4) is 0 Å². The highest BCUT2D eigenvalue weighted by atomic mass is 31.2. The number of carbonyl (C=O) groups is 1. The van der Waals surface area contributed by atoms with Crippen LogP contribution in [0.2, 0.25) is 0 Å². The first-order chi connectivity index (χ1) is 8.30. The molecule has 0 aliphatic heterocycles. The fraction of sp³-hybridized carbons (Fsp3) is 0.300. The number of ether oxygens (including phenoxy) is 1. The van der Waals surface area contributed by atoms with Gasteiger partial charge >= 0.3 is 19.7 Å². The number of alkyl halides is 1. The molecule has 0 aliphatic rings. The molecule has 0 amide bonds. The number of rotatable bonds is 5. The van der Waals surface area contributed by atoms with E-state index in [1.54, 1.807) is 30.3 Å². The molecule has 4 N–H and O–H groups in total. The second-order valence-corrected chi connectivity index (χ2v) is 5.20. The van der Waals surface area contributed by atoms with Crippen LogP contribution < -0.4 is 5.73 Å². The van der Waals surface area contributed by atoms with Crippen LogP contribution in [0.15, 0.2) is 30.3 Å². The average Bonchev–Trinajstić information content (AvgIpc) is 2.28. The van der Waals surface area contributed by atoms with Crippen LogP contribution in [0, 0.1) is 0 Å². The normalized spacial score (nSPS) is 14.9. The highest BCUT2D eigenvalue weighted by Gasteiger charge is 2.33. The first-order valence-corrected chi connectivity index (χ1v) is 6.68. The van der Waals surface area contributed by atoms with Gasteiger partial charge in [0.15, 0.2) is 0 Å². The molecule has 0 spiro atoms. The van der Waals surface area contributed by atoms with E-state index in [1.807, 2.05) is 0 Å². The Morgan fingerprint density at radius 2 is 1.94 bits per heavy atom. The van der Waals surface area contributed by atoms with Gasteiger partial charge in [0.25, 0.3) is 0 Å². The number of carbonyl (C=O) groups excluding carboxylic acids is 1. The van der Waals surface area contributed by atoms with E-state index in [1.165, 1.54) is 0 Å². The van der Waals surface area contributed by atoms with E-state index in [4.69, 9.17) is 15.5 Å². The highest BCUT2D eigenvalue weighted by molar-refractivity contribution is 7.52. The predicted molar refractivity (Wildman–Crippen MR) is 61.2 cm³/mol. The van der Waals surface area contributed by atoms with E-state index < -0.39 is 25.7 Å². The van der Waals surface area contributed by atoms with Crippen LogP contribution in [0.1, 0.15) is 5.56 Å². The zero-order chi connectivity index (χ0) is 13.8. The van der Waals surface area contributed by atoms with Gasteiger partial charge in [-0.15, -0.1) is 0 Å². The van der Waals surface area contributed by atoms with E-state index in [2.05, 4.69) is 4.74 Å². The molecule has 0 heterocycles. The Hall–Kier alpha value is -1.27. The maximum atomic E-state index is 12.8. The molecule has 0 aliphatic carbocycles. The van der Waals surface area contributed by atoms with Gasteiger partial charge in [0.1, 0.15) is 6.04 Å². The van der Waals surface area contributed by atoms with Gasteiger partial charge in [-0.2, -0.15) is 4.39 Å². The van der Waals surface area contributed by atoms with Gasteiger partial charge < -0.3 is 20.3 Å². The summed E-state index contributed by atoms with van der Waals surface area (Å²) in [7, 11) is -5.10. The van der Waals surface area contributed by atoms with Crippen LogP contribution in [0.5, 0.6) is 0 Å². The standard InChI is InChI=1S/C10H13FNO5P/c11-10(18(14,15)16)17-9(13)8(12)6-7-4-2-1-3-5-7/h1-5,8,10H,6,12H2,(H2,14,15,16)/t8-,10?/m0/s1. The van der Waals surface area contributed by atoms with Crippen molar-refractivity contribution in [3.63, 3.8) is 0 Å². The van der Waals surface area contributed by atoms with Crippen molar-refractivity contribution in [2.24, 2.45) is 5.73 Å². The van der Waals surface area contributed by atoms with E-state index in [9.17, 15) is 13.8 Å². The number of benzene rings is 1. The zero-order valence-electron chi connectivity index (χ0n) is 9.27. The summed E-state index contributed by atoms with van der Waals surface area (Å²) in [6, 6.07) is 7.49. The Morgan fingerprint density at radius 3 is 2.44 bits per heavy atom. The van der Waals surface area contributed by atoms with Crippen molar-refractivity contribution in [3.05, 3.63) is 35.9 Å². The van der Waals surface area contributed by atoms with Crippen molar-refractivity contribution < 1.29 is 28.3 Å². The Morgan fingerprint density at radius 1 is 1.39 bits per heavy atom. The summed E-state index contributed by atoms with van der Waals surface area (Å²) in [4.78, 5) is 28.1. The maximum Gasteiger partial charge on any atom is 0.398 e. The molecular weight excluding hydrogens is 264 g/mol. The Bertz CT molecular complexity index is 449. The van der Waals surface area contributed by atoms with E-state index in [0.29, 0.717) is 0 Å². The quantitative estimate of drug-likeness (QED) is 0.535. The van der Waals surface area contributed by atoms with E-state index in [-0.39, 0.29) is 6.42 Å². The van der Waals surface area contributed by atoms with Crippen LogP contribution in [0.25, 0.3) is 0 Å². The lowest BCUT2D eigenvalue weighted by atomic mass is 10.1. The molecule has 0 saturated heterocycles. The minimum atomic E-state index is -5.10. The maximum absolute atomic E-state index is 12.8. The summed E-state index contributed by atoms with van der Waals surface area (Å²) in [6.45, 7) is 0. The van der Waals surface area contributed by atoms with Gasteiger partial charge in [0.05, 0.1) is 0 Å². The van der Waals surface area contributed by atoms with Gasteiger partial charge in [-0.05, 0) is 12.0 Å². The molecule has 1 aromatic rings. The largest absolute Gasteiger partial charge is 0.418 e.